The SMILES string of the molecule is CCC(=O)[C@@]1(O)[C@H](O)[C@@H](CO)O[C@@]1(Br)n1cnc2c(N)ncnc21. The molecule has 0 amide bonds. The zero-order chi connectivity index (χ0) is 17.7. The molecule has 1 saturated heterocycles. The second-order valence-electron chi connectivity index (χ2n) is 5.43. The Morgan fingerprint density at radius 3 is 2.83 bits per heavy atom. The van der Waals surface area contributed by atoms with Crippen LogP contribution in [0, 0.1) is 0 Å². The maximum Gasteiger partial charge on any atom is 0.244 e. The summed E-state index contributed by atoms with van der Waals surface area (Å²) in [4.78, 5) is 24.4. The summed E-state index contributed by atoms with van der Waals surface area (Å²) in [7, 11) is 0. The summed E-state index contributed by atoms with van der Waals surface area (Å²) < 4.78 is 4.93. The summed E-state index contributed by atoms with van der Waals surface area (Å²) in [6, 6.07) is 0. The highest BCUT2D eigenvalue weighted by Gasteiger charge is 2.69. The molecule has 2 aromatic heterocycles. The fraction of sp³-hybridized carbons (Fsp3) is 0.538. The molecule has 1 fully saturated rings. The number of ether oxygens (including phenoxy) is 1. The Labute approximate surface area is 144 Å². The van der Waals surface area contributed by atoms with Gasteiger partial charge in [-0.05, 0) is 15.9 Å². The van der Waals surface area contributed by atoms with E-state index in [9.17, 15) is 20.1 Å². The van der Waals surface area contributed by atoms with Crippen LogP contribution >= 0.6 is 15.9 Å². The number of fused-ring (bicyclic) bond motifs is 1. The average Bonchev–Trinajstić information content (AvgIpc) is 3.10. The van der Waals surface area contributed by atoms with Crippen LogP contribution in [0.25, 0.3) is 11.2 Å². The van der Waals surface area contributed by atoms with Crippen LogP contribution in [0.1, 0.15) is 13.3 Å². The Kier molecular flexibility index (Phi) is 4.08. The number of halogens is 1. The van der Waals surface area contributed by atoms with Crippen molar-refractivity contribution in [3.8, 4) is 0 Å². The number of carbonyl (C=O) groups excluding carboxylic acids is 1. The van der Waals surface area contributed by atoms with Crippen LogP contribution in [0.3, 0.4) is 0 Å². The van der Waals surface area contributed by atoms with E-state index in [-0.39, 0.29) is 23.4 Å². The van der Waals surface area contributed by atoms with Crippen molar-refractivity contribution >= 4 is 38.7 Å². The maximum absolute atomic E-state index is 12.4. The Morgan fingerprint density at radius 2 is 2.21 bits per heavy atom. The third-order valence-electron chi connectivity index (χ3n) is 4.16. The standard InChI is InChI=1S/C13H16BrN5O5/c1-2-7(21)12(23)9(22)6(3-20)24-13(12,14)19-5-18-8-10(15)16-4-17-11(8)19/h4-6,9,20,22-23H,2-3H2,1H3,(H2,15,16,17)/t6-,9-,12-,13+/m1/s1. The molecule has 1 aliphatic heterocycles. The molecule has 0 spiro atoms. The molecule has 24 heavy (non-hydrogen) atoms. The van der Waals surface area contributed by atoms with E-state index < -0.39 is 34.8 Å². The number of carbonyl (C=O) groups is 1. The molecule has 0 aliphatic carbocycles. The monoisotopic (exact) mass is 401 g/mol. The van der Waals surface area contributed by atoms with E-state index in [4.69, 9.17) is 10.5 Å². The molecule has 3 rings (SSSR count). The fourth-order valence-corrected chi connectivity index (χ4v) is 3.81. The first-order chi connectivity index (χ1) is 11.3. The predicted octanol–water partition coefficient (Wildman–Crippen LogP) is -1.12. The lowest BCUT2D eigenvalue weighted by Gasteiger charge is -2.36. The van der Waals surface area contributed by atoms with E-state index >= 15 is 0 Å². The van der Waals surface area contributed by atoms with Gasteiger partial charge in [-0.15, -0.1) is 0 Å². The summed E-state index contributed by atoms with van der Waals surface area (Å²) in [5.41, 5.74) is 3.80. The van der Waals surface area contributed by atoms with Crippen molar-refractivity contribution in [2.45, 2.75) is 35.8 Å². The van der Waals surface area contributed by atoms with Gasteiger partial charge < -0.3 is 25.8 Å². The molecule has 0 saturated carbocycles. The zero-order valence-electron chi connectivity index (χ0n) is 12.6. The molecule has 2 aromatic rings. The summed E-state index contributed by atoms with van der Waals surface area (Å²) in [5.74, 6) is -0.566. The van der Waals surface area contributed by atoms with Gasteiger partial charge in [-0.2, -0.15) is 0 Å². The van der Waals surface area contributed by atoms with Gasteiger partial charge in [0.1, 0.15) is 30.4 Å². The first-order valence-electron chi connectivity index (χ1n) is 7.16. The summed E-state index contributed by atoms with van der Waals surface area (Å²) >= 11 is 3.22. The smallest absolute Gasteiger partial charge is 0.244 e. The minimum Gasteiger partial charge on any atom is -0.394 e. The van der Waals surface area contributed by atoms with E-state index in [0.29, 0.717) is 0 Å². The number of imidazole rings is 1. The highest BCUT2D eigenvalue weighted by molar-refractivity contribution is 9.09. The lowest BCUT2D eigenvalue weighted by Crippen LogP contribution is -2.59. The highest BCUT2D eigenvalue weighted by Crippen LogP contribution is 2.50. The Morgan fingerprint density at radius 1 is 1.50 bits per heavy atom. The topological polar surface area (TPSA) is 157 Å². The molecular formula is C13H16BrN5O5. The van der Waals surface area contributed by atoms with Gasteiger partial charge in [0.15, 0.2) is 17.2 Å². The van der Waals surface area contributed by atoms with Gasteiger partial charge in [0, 0.05) is 6.42 Å². The number of aliphatic hydroxyl groups is 3. The van der Waals surface area contributed by atoms with Gasteiger partial charge in [-0.1, -0.05) is 6.92 Å². The molecule has 0 radical (unpaired) electrons. The van der Waals surface area contributed by atoms with Crippen LogP contribution in [-0.4, -0.2) is 65.0 Å². The summed E-state index contributed by atoms with van der Waals surface area (Å²) in [6.07, 6.45) is -0.466. The van der Waals surface area contributed by atoms with Gasteiger partial charge in [-0.25, -0.2) is 15.0 Å². The molecule has 4 atom stereocenters. The second kappa shape index (κ2) is 5.70. The van der Waals surface area contributed by atoms with Crippen molar-refractivity contribution in [2.75, 3.05) is 12.3 Å². The van der Waals surface area contributed by atoms with Crippen LogP contribution in [0.2, 0.25) is 0 Å². The number of hydrogen-bond acceptors (Lipinski definition) is 9. The van der Waals surface area contributed by atoms with Crippen molar-refractivity contribution in [2.24, 2.45) is 0 Å². The van der Waals surface area contributed by atoms with Gasteiger partial charge in [-0.3, -0.25) is 9.36 Å². The van der Waals surface area contributed by atoms with E-state index in [0.717, 1.165) is 0 Å². The van der Waals surface area contributed by atoms with Crippen molar-refractivity contribution in [1.29, 1.82) is 0 Å². The first kappa shape index (κ1) is 17.2. The number of aliphatic hydroxyl groups excluding tert-OH is 2. The number of hydrogen-bond donors (Lipinski definition) is 4. The largest absolute Gasteiger partial charge is 0.394 e. The molecule has 10 nitrogen and oxygen atoms in total. The van der Waals surface area contributed by atoms with Crippen LogP contribution in [-0.2, 0) is 14.2 Å². The molecule has 5 N–H and O–H groups in total. The Balaban J connectivity index is 2.25. The maximum atomic E-state index is 12.4. The van der Waals surface area contributed by atoms with E-state index in [2.05, 4.69) is 30.9 Å². The highest BCUT2D eigenvalue weighted by atomic mass is 79.9. The van der Waals surface area contributed by atoms with Crippen LogP contribution in [0.15, 0.2) is 12.7 Å². The molecule has 0 bridgehead atoms. The first-order valence-corrected chi connectivity index (χ1v) is 7.95. The normalized spacial score (nSPS) is 33.2. The number of Topliss-reactive ketones (excluding diaryl/α,β-unsaturated/α-hetero) is 1. The van der Waals surface area contributed by atoms with Gasteiger partial charge >= 0.3 is 0 Å². The zero-order valence-corrected chi connectivity index (χ0v) is 14.2. The van der Waals surface area contributed by atoms with E-state index in [1.807, 2.05) is 0 Å². The number of anilines is 1. The third kappa shape index (κ3) is 2.02. The molecular weight excluding hydrogens is 386 g/mol. The molecule has 11 heteroatoms. The number of ketones is 1. The predicted molar refractivity (Wildman–Crippen MR) is 84.8 cm³/mol. The van der Waals surface area contributed by atoms with E-state index in [1.54, 1.807) is 6.92 Å². The lowest BCUT2D eigenvalue weighted by molar-refractivity contribution is -0.164. The number of nitrogen functional groups attached to an aromatic ring is 1. The fourth-order valence-electron chi connectivity index (χ4n) is 2.85. The molecule has 0 unspecified atom stereocenters. The van der Waals surface area contributed by atoms with Gasteiger partial charge in [0.05, 0.1) is 6.61 Å². The Hall–Kier alpha value is -1.66. The quantitative estimate of drug-likeness (QED) is 0.465. The number of aromatic nitrogens is 4. The Bertz CT molecular complexity index is 800. The molecule has 1 aliphatic rings. The number of nitrogens with two attached hydrogens (primary N) is 1. The second-order valence-corrected chi connectivity index (χ2v) is 6.51. The number of rotatable bonds is 4. The molecule has 130 valence electrons. The minimum absolute atomic E-state index is 0.0633. The minimum atomic E-state index is -2.37. The van der Waals surface area contributed by atoms with Gasteiger partial charge in [0.25, 0.3) is 0 Å². The molecule has 3 heterocycles. The summed E-state index contributed by atoms with van der Waals surface area (Å²) in [6.45, 7) is 0.941. The van der Waals surface area contributed by atoms with Crippen molar-refractivity contribution in [1.82, 2.24) is 19.5 Å². The lowest BCUT2D eigenvalue weighted by atomic mass is 9.88. The van der Waals surface area contributed by atoms with Crippen molar-refractivity contribution in [3.05, 3.63) is 12.7 Å². The van der Waals surface area contributed by atoms with Crippen LogP contribution in [0.4, 0.5) is 5.82 Å². The van der Waals surface area contributed by atoms with E-state index in [1.165, 1.54) is 17.2 Å². The van der Waals surface area contributed by atoms with Crippen molar-refractivity contribution < 1.29 is 24.9 Å². The molecule has 0 aromatic carbocycles. The average molecular weight is 402 g/mol. The summed E-state index contributed by atoms with van der Waals surface area (Å²) in [5, 5.41) is 30.8. The third-order valence-corrected chi connectivity index (χ3v) is 5.33. The van der Waals surface area contributed by atoms with Gasteiger partial charge in [0.2, 0.25) is 10.2 Å². The van der Waals surface area contributed by atoms with Crippen molar-refractivity contribution in [3.63, 3.8) is 0 Å². The number of alkyl halides is 1. The van der Waals surface area contributed by atoms with Crippen LogP contribution < -0.4 is 5.73 Å². The number of nitrogens with zero attached hydrogens (tertiary/aromatic N) is 4. The van der Waals surface area contributed by atoms with Crippen LogP contribution in [0.5, 0.6) is 0 Å².